The largest absolute Gasteiger partial charge is 0.0827 e. The van der Waals surface area contributed by atoms with E-state index in [0.29, 0.717) is 0 Å². The van der Waals surface area contributed by atoms with Gasteiger partial charge < -0.3 is 0 Å². The van der Waals surface area contributed by atoms with Crippen molar-refractivity contribution in [2.24, 2.45) is 0 Å². The lowest BCUT2D eigenvalue weighted by molar-refractivity contribution is 1.65. The van der Waals surface area contributed by atoms with Gasteiger partial charge in [0, 0.05) is 4.47 Å². The van der Waals surface area contributed by atoms with Crippen molar-refractivity contribution in [1.29, 1.82) is 0 Å². The highest BCUT2D eigenvalue weighted by molar-refractivity contribution is 9.10. The third-order valence-corrected chi connectivity index (χ3v) is 2.31. The highest BCUT2D eigenvalue weighted by atomic mass is 79.9. The second kappa shape index (κ2) is 2.91. The van der Waals surface area contributed by atoms with E-state index in [2.05, 4.69) is 15.9 Å². The van der Waals surface area contributed by atoms with Crippen LogP contribution in [0.25, 0.3) is 0 Å². The Kier molecular flexibility index (Phi) is 1.36. The van der Waals surface area contributed by atoms with E-state index in [0.717, 1.165) is 0 Å². The summed E-state index contributed by atoms with van der Waals surface area (Å²) in [6, 6.07) is -0.555. The second-order valence-electron chi connectivity index (χ2n) is 1.32. The van der Waals surface area contributed by atoms with E-state index in [9.17, 15) is 0 Å². The van der Waals surface area contributed by atoms with Crippen molar-refractivity contribution in [3.63, 3.8) is 0 Å². The Hall–Kier alpha value is 0.280. The molecule has 0 bridgehead atoms. The molecule has 0 aromatic heterocycles. The van der Waals surface area contributed by atoms with Crippen LogP contribution in [0.1, 0.15) is 4.11 Å². The zero-order chi connectivity index (χ0) is 9.46. The average Bonchev–Trinajstić information content (AvgIpc) is 2.08. The number of halogens is 3. The fourth-order valence-corrected chi connectivity index (χ4v) is 0.995. The summed E-state index contributed by atoms with van der Waals surface area (Å²) >= 11 is 14.3. The van der Waals surface area contributed by atoms with Crippen molar-refractivity contribution in [3.8, 4) is 0 Å². The lowest BCUT2D eigenvalue weighted by Gasteiger charge is -1.94. The standard InChI is InChI=1S/C6H3BrCl2/c7-4-2-1-3-5(8)6(4)9/h1-3H/i1D,2D,3D. The monoisotopic (exact) mass is 227 g/mol. The minimum Gasteiger partial charge on any atom is -0.0827 e. The summed E-state index contributed by atoms with van der Waals surface area (Å²) in [5, 5.41) is 0.118. The maximum Gasteiger partial charge on any atom is 0.0734 e. The van der Waals surface area contributed by atoms with Gasteiger partial charge in [-0.1, -0.05) is 29.2 Å². The molecule has 0 atom stereocenters. The molecule has 0 amide bonds. The van der Waals surface area contributed by atoms with Gasteiger partial charge in [-0.15, -0.1) is 0 Å². The van der Waals surface area contributed by atoms with E-state index >= 15 is 0 Å². The number of rotatable bonds is 0. The van der Waals surface area contributed by atoms with Gasteiger partial charge >= 0.3 is 0 Å². The molecule has 9 heavy (non-hydrogen) atoms. The smallest absolute Gasteiger partial charge is 0.0734 e. The molecule has 0 aliphatic carbocycles. The van der Waals surface area contributed by atoms with Crippen molar-refractivity contribution < 1.29 is 4.11 Å². The summed E-state index contributed by atoms with van der Waals surface area (Å²) < 4.78 is 22.1. The molecule has 0 aliphatic heterocycles. The molecule has 1 aromatic rings. The molecule has 1 rings (SSSR count). The van der Waals surface area contributed by atoms with Crippen molar-refractivity contribution >= 4 is 39.1 Å². The van der Waals surface area contributed by atoms with Gasteiger partial charge in [-0.05, 0) is 28.0 Å². The first kappa shape index (κ1) is 4.22. The fourth-order valence-electron chi connectivity index (χ4n) is 0.347. The molecular formula is C6H3BrCl2. The van der Waals surface area contributed by atoms with E-state index in [1.54, 1.807) is 0 Å². The molecule has 0 N–H and O–H groups in total. The Morgan fingerprint density at radius 3 is 2.78 bits per heavy atom. The van der Waals surface area contributed by atoms with Crippen LogP contribution >= 0.6 is 39.1 Å². The van der Waals surface area contributed by atoms with E-state index in [4.69, 9.17) is 27.3 Å². The SMILES string of the molecule is [2H]c1c([2H])c(Cl)c(Cl)c(Br)c1[2H]. The summed E-state index contributed by atoms with van der Waals surface area (Å²) in [4.78, 5) is 0. The second-order valence-corrected chi connectivity index (χ2v) is 2.87. The Morgan fingerprint density at radius 2 is 2.11 bits per heavy atom. The van der Waals surface area contributed by atoms with Crippen molar-refractivity contribution in [1.82, 2.24) is 0 Å². The summed E-state index contributed by atoms with van der Waals surface area (Å²) in [5.41, 5.74) is 0. The summed E-state index contributed by atoms with van der Waals surface area (Å²) in [6.07, 6.45) is 0. The van der Waals surface area contributed by atoms with Crippen LogP contribution in [0.2, 0.25) is 10.0 Å². The van der Waals surface area contributed by atoms with Crippen molar-refractivity contribution in [2.75, 3.05) is 0 Å². The van der Waals surface area contributed by atoms with E-state index in [1.165, 1.54) is 0 Å². The topological polar surface area (TPSA) is 0 Å². The fraction of sp³-hybridized carbons (Fsp3) is 0. The summed E-state index contributed by atoms with van der Waals surface area (Å²) in [6.45, 7) is 0. The van der Waals surface area contributed by atoms with Crippen LogP contribution in [0, 0.1) is 0 Å². The predicted molar refractivity (Wildman–Crippen MR) is 44.2 cm³/mol. The van der Waals surface area contributed by atoms with Crippen LogP contribution in [0.15, 0.2) is 22.6 Å². The van der Waals surface area contributed by atoms with Gasteiger partial charge in [0.25, 0.3) is 0 Å². The normalized spacial score (nSPS) is 14.3. The maximum atomic E-state index is 7.32. The first-order valence-corrected chi connectivity index (χ1v) is 3.62. The minimum atomic E-state index is -0.226. The van der Waals surface area contributed by atoms with Gasteiger partial charge in [0.15, 0.2) is 0 Å². The van der Waals surface area contributed by atoms with Crippen molar-refractivity contribution in [2.45, 2.75) is 0 Å². The lowest BCUT2D eigenvalue weighted by atomic mass is 10.4. The molecule has 0 aliphatic rings. The molecule has 1 aromatic carbocycles. The van der Waals surface area contributed by atoms with Gasteiger partial charge in [0.2, 0.25) is 0 Å². The third kappa shape index (κ3) is 1.60. The maximum absolute atomic E-state index is 7.32. The Balaban J connectivity index is 3.60. The zero-order valence-electron chi connectivity index (χ0n) is 7.13. The highest BCUT2D eigenvalue weighted by Gasteiger charge is 1.98. The van der Waals surface area contributed by atoms with Gasteiger partial charge in [0.1, 0.15) is 0 Å². The average molecular weight is 229 g/mol. The van der Waals surface area contributed by atoms with Crippen LogP contribution in [0.5, 0.6) is 0 Å². The molecule has 0 unspecified atom stereocenters. The van der Waals surface area contributed by atoms with E-state index in [1.807, 2.05) is 0 Å². The van der Waals surface area contributed by atoms with Gasteiger partial charge in [-0.3, -0.25) is 0 Å². The number of benzene rings is 1. The van der Waals surface area contributed by atoms with Crippen molar-refractivity contribution in [3.05, 3.63) is 32.6 Å². The molecule has 0 saturated carbocycles. The Bertz CT molecular complexity index is 235. The van der Waals surface area contributed by atoms with E-state index in [-0.39, 0.29) is 32.6 Å². The van der Waals surface area contributed by atoms with Gasteiger partial charge in [-0.2, -0.15) is 0 Å². The van der Waals surface area contributed by atoms with Gasteiger partial charge in [0.05, 0.1) is 14.2 Å². The third-order valence-electron chi connectivity index (χ3n) is 0.730. The quantitative estimate of drug-likeness (QED) is 0.594. The summed E-state index contributed by atoms with van der Waals surface area (Å²) in [5.74, 6) is 0. The van der Waals surface area contributed by atoms with Crippen LogP contribution in [0.4, 0.5) is 0 Å². The molecule has 48 valence electrons. The van der Waals surface area contributed by atoms with Crippen LogP contribution in [-0.2, 0) is 0 Å². The summed E-state index contributed by atoms with van der Waals surface area (Å²) in [7, 11) is 0. The Morgan fingerprint density at radius 1 is 1.44 bits per heavy atom. The lowest BCUT2D eigenvalue weighted by Crippen LogP contribution is -1.68. The molecule has 3 heteroatoms. The van der Waals surface area contributed by atoms with Crippen LogP contribution in [0.3, 0.4) is 0 Å². The molecule has 0 radical (unpaired) electrons. The molecular weight excluding hydrogens is 223 g/mol. The van der Waals surface area contributed by atoms with E-state index < -0.39 is 0 Å². The molecule has 0 saturated heterocycles. The highest BCUT2D eigenvalue weighted by Crippen LogP contribution is 2.28. The van der Waals surface area contributed by atoms with Crippen LogP contribution in [-0.4, -0.2) is 0 Å². The number of hydrogen-bond acceptors (Lipinski definition) is 0. The predicted octanol–water partition coefficient (Wildman–Crippen LogP) is 3.76. The zero-order valence-corrected chi connectivity index (χ0v) is 7.23. The molecule has 0 spiro atoms. The van der Waals surface area contributed by atoms with Gasteiger partial charge in [-0.25, -0.2) is 0 Å². The minimum absolute atomic E-state index is 0.00421. The number of hydrogen-bond donors (Lipinski definition) is 0. The Labute approximate surface area is 76.1 Å². The molecule has 0 heterocycles. The molecule has 0 nitrogen and oxygen atoms in total. The first-order chi connectivity index (χ1) is 5.46. The van der Waals surface area contributed by atoms with Crippen LogP contribution < -0.4 is 0 Å². The first-order valence-electron chi connectivity index (χ1n) is 3.57. The molecule has 0 fully saturated rings.